The number of amides is 1. The molecule has 0 spiro atoms. The van der Waals surface area contributed by atoms with Gasteiger partial charge in [0.05, 0.1) is 0 Å². The van der Waals surface area contributed by atoms with Gasteiger partial charge in [-0.3, -0.25) is 4.79 Å². The van der Waals surface area contributed by atoms with Gasteiger partial charge in [-0.05, 0) is 54.8 Å². The molecule has 1 amide bonds. The zero-order valence-corrected chi connectivity index (χ0v) is 11.4. The van der Waals surface area contributed by atoms with Gasteiger partial charge in [0.2, 0.25) is 0 Å². The van der Waals surface area contributed by atoms with Crippen LogP contribution < -0.4 is 10.6 Å². The second kappa shape index (κ2) is 5.43. The molecule has 1 aliphatic rings. The van der Waals surface area contributed by atoms with Gasteiger partial charge in [0, 0.05) is 18.3 Å². The molecule has 4 heteroatoms. The molecule has 0 aliphatic carbocycles. The summed E-state index contributed by atoms with van der Waals surface area (Å²) in [5.74, 6) is 0.508. The van der Waals surface area contributed by atoms with Crippen LogP contribution in [0.25, 0.3) is 0 Å². The molecule has 3 rings (SSSR count). The largest absolute Gasteiger partial charge is 0.312 e. The Bertz CT molecular complexity index is 652. The van der Waals surface area contributed by atoms with Crippen LogP contribution in [0, 0.1) is 6.92 Å². The minimum atomic E-state index is -0.111. The fraction of sp³-hybridized carbons (Fsp3) is 0.250. The molecule has 1 aromatic heterocycles. The number of hydrogen-bond acceptors (Lipinski definition) is 3. The predicted molar refractivity (Wildman–Crippen MR) is 78.8 cm³/mol. The van der Waals surface area contributed by atoms with Crippen molar-refractivity contribution in [1.82, 2.24) is 10.3 Å². The quantitative estimate of drug-likeness (QED) is 0.877. The molecule has 4 nitrogen and oxygen atoms in total. The number of fused-ring (bicyclic) bond motifs is 1. The first kappa shape index (κ1) is 12.8. The summed E-state index contributed by atoms with van der Waals surface area (Å²) >= 11 is 0. The Balaban J connectivity index is 1.82. The van der Waals surface area contributed by atoms with Crippen LogP contribution in [0.4, 0.5) is 5.82 Å². The lowest BCUT2D eigenvalue weighted by molar-refractivity contribution is 0.102. The lowest BCUT2D eigenvalue weighted by Gasteiger charge is -2.17. The first-order chi connectivity index (χ1) is 9.74. The van der Waals surface area contributed by atoms with Gasteiger partial charge in [0.1, 0.15) is 5.82 Å². The summed E-state index contributed by atoms with van der Waals surface area (Å²) < 4.78 is 0. The van der Waals surface area contributed by atoms with Crippen LogP contribution in [-0.2, 0) is 13.0 Å². The number of nitrogens with one attached hydrogen (secondary N) is 2. The highest BCUT2D eigenvalue weighted by Crippen LogP contribution is 2.17. The van der Waals surface area contributed by atoms with E-state index in [1.165, 1.54) is 11.1 Å². The molecule has 0 bridgehead atoms. The van der Waals surface area contributed by atoms with Crippen LogP contribution in [0.1, 0.15) is 27.0 Å². The van der Waals surface area contributed by atoms with Gasteiger partial charge in [0.25, 0.3) is 5.91 Å². The van der Waals surface area contributed by atoms with E-state index >= 15 is 0 Å². The lowest BCUT2D eigenvalue weighted by Crippen LogP contribution is -2.24. The number of carbonyl (C=O) groups is 1. The summed E-state index contributed by atoms with van der Waals surface area (Å²) in [7, 11) is 0. The summed E-state index contributed by atoms with van der Waals surface area (Å²) in [6.07, 6.45) is 2.70. The van der Waals surface area contributed by atoms with Gasteiger partial charge < -0.3 is 10.6 Å². The minimum absolute atomic E-state index is 0.111. The van der Waals surface area contributed by atoms with Gasteiger partial charge in [-0.2, -0.15) is 0 Å². The molecule has 1 aliphatic heterocycles. The monoisotopic (exact) mass is 267 g/mol. The molecule has 2 heterocycles. The normalized spacial score (nSPS) is 13.7. The van der Waals surface area contributed by atoms with E-state index in [0.29, 0.717) is 11.4 Å². The smallest absolute Gasteiger partial charge is 0.256 e. The molecule has 0 atom stereocenters. The number of anilines is 1. The first-order valence-corrected chi connectivity index (χ1v) is 6.79. The third-order valence-electron chi connectivity index (χ3n) is 3.60. The van der Waals surface area contributed by atoms with Crippen LogP contribution >= 0.6 is 0 Å². The number of rotatable bonds is 2. The van der Waals surface area contributed by atoms with E-state index in [2.05, 4.69) is 21.7 Å². The molecule has 2 aromatic rings. The molecule has 20 heavy (non-hydrogen) atoms. The van der Waals surface area contributed by atoms with E-state index in [1.807, 2.05) is 31.2 Å². The Morgan fingerprint density at radius 1 is 1.30 bits per heavy atom. The Hall–Kier alpha value is -2.20. The first-order valence-electron chi connectivity index (χ1n) is 6.79. The Kier molecular flexibility index (Phi) is 3.48. The zero-order chi connectivity index (χ0) is 13.9. The molecule has 2 N–H and O–H groups in total. The van der Waals surface area contributed by atoms with Crippen LogP contribution in [0.15, 0.2) is 36.5 Å². The predicted octanol–water partition coefficient (Wildman–Crippen LogP) is 2.29. The van der Waals surface area contributed by atoms with Crippen LogP contribution in [0.3, 0.4) is 0 Å². The van der Waals surface area contributed by atoms with Crippen molar-refractivity contribution in [1.29, 1.82) is 0 Å². The van der Waals surface area contributed by atoms with E-state index in [0.717, 1.165) is 25.1 Å². The standard InChI is InChI=1S/C16H17N3O/c1-11-3-2-7-18-15(11)19-16(20)13-5-4-12-6-8-17-10-14(12)9-13/h2-5,7,9,17H,6,8,10H2,1H3,(H,18,19,20). The van der Waals surface area contributed by atoms with Crippen molar-refractivity contribution in [2.24, 2.45) is 0 Å². The van der Waals surface area contributed by atoms with Crippen LogP contribution in [-0.4, -0.2) is 17.4 Å². The highest BCUT2D eigenvalue weighted by molar-refractivity contribution is 6.04. The maximum Gasteiger partial charge on any atom is 0.256 e. The van der Waals surface area contributed by atoms with Crippen molar-refractivity contribution in [2.45, 2.75) is 19.9 Å². The maximum absolute atomic E-state index is 12.3. The number of benzene rings is 1. The van der Waals surface area contributed by atoms with Crippen molar-refractivity contribution in [3.8, 4) is 0 Å². The topological polar surface area (TPSA) is 54.0 Å². The van der Waals surface area contributed by atoms with E-state index < -0.39 is 0 Å². The molecular weight excluding hydrogens is 250 g/mol. The SMILES string of the molecule is Cc1cccnc1NC(=O)c1ccc2c(c1)CNCC2. The number of pyridine rings is 1. The van der Waals surface area contributed by atoms with E-state index in [4.69, 9.17) is 0 Å². The van der Waals surface area contributed by atoms with E-state index in [-0.39, 0.29) is 5.91 Å². The molecule has 0 radical (unpaired) electrons. The summed E-state index contributed by atoms with van der Waals surface area (Å²) in [5.41, 5.74) is 4.17. The number of nitrogens with zero attached hydrogens (tertiary/aromatic N) is 1. The van der Waals surface area contributed by atoms with Gasteiger partial charge in [-0.25, -0.2) is 4.98 Å². The number of aryl methyl sites for hydroxylation is 1. The Morgan fingerprint density at radius 3 is 3.05 bits per heavy atom. The van der Waals surface area contributed by atoms with Crippen molar-refractivity contribution in [2.75, 3.05) is 11.9 Å². The second-order valence-electron chi connectivity index (χ2n) is 5.03. The van der Waals surface area contributed by atoms with E-state index in [1.54, 1.807) is 6.20 Å². The minimum Gasteiger partial charge on any atom is -0.312 e. The summed E-state index contributed by atoms with van der Waals surface area (Å²) in [6.45, 7) is 3.77. The third kappa shape index (κ3) is 2.56. The highest BCUT2D eigenvalue weighted by Gasteiger charge is 2.13. The Labute approximate surface area is 118 Å². The molecule has 0 saturated heterocycles. The molecule has 0 fully saturated rings. The second-order valence-corrected chi connectivity index (χ2v) is 5.03. The van der Waals surface area contributed by atoms with Crippen LogP contribution in [0.5, 0.6) is 0 Å². The van der Waals surface area contributed by atoms with E-state index in [9.17, 15) is 4.79 Å². The number of carbonyl (C=O) groups excluding carboxylic acids is 1. The molecule has 1 aromatic carbocycles. The van der Waals surface area contributed by atoms with Crippen molar-refractivity contribution >= 4 is 11.7 Å². The van der Waals surface area contributed by atoms with Crippen LogP contribution in [0.2, 0.25) is 0 Å². The van der Waals surface area contributed by atoms with Crippen molar-refractivity contribution < 1.29 is 4.79 Å². The maximum atomic E-state index is 12.3. The number of hydrogen-bond donors (Lipinski definition) is 2. The van der Waals surface area contributed by atoms with Gasteiger partial charge >= 0.3 is 0 Å². The van der Waals surface area contributed by atoms with Gasteiger partial charge in [0.15, 0.2) is 0 Å². The van der Waals surface area contributed by atoms with Gasteiger partial charge in [-0.1, -0.05) is 12.1 Å². The molecule has 0 saturated carbocycles. The lowest BCUT2D eigenvalue weighted by atomic mass is 9.98. The fourth-order valence-electron chi connectivity index (χ4n) is 2.42. The van der Waals surface area contributed by atoms with Gasteiger partial charge in [-0.15, -0.1) is 0 Å². The van der Waals surface area contributed by atoms with Crippen molar-refractivity contribution in [3.05, 3.63) is 58.8 Å². The summed E-state index contributed by atoms with van der Waals surface area (Å²) in [6, 6.07) is 9.69. The average Bonchev–Trinajstić information content (AvgIpc) is 2.49. The molecule has 0 unspecified atom stereocenters. The zero-order valence-electron chi connectivity index (χ0n) is 11.4. The Morgan fingerprint density at radius 2 is 2.20 bits per heavy atom. The fourth-order valence-corrected chi connectivity index (χ4v) is 2.42. The molecular formula is C16H17N3O. The summed E-state index contributed by atoms with van der Waals surface area (Å²) in [4.78, 5) is 16.5. The van der Waals surface area contributed by atoms with Crippen molar-refractivity contribution in [3.63, 3.8) is 0 Å². The average molecular weight is 267 g/mol. The highest BCUT2D eigenvalue weighted by atomic mass is 16.1. The third-order valence-corrected chi connectivity index (χ3v) is 3.60. The number of aromatic nitrogens is 1. The summed E-state index contributed by atoms with van der Waals surface area (Å²) in [5, 5.41) is 6.18. The molecule has 102 valence electrons.